The number of nitrogens with two attached hydrogens (primary N) is 1. The third-order valence-electron chi connectivity index (χ3n) is 3.17. The molecule has 2 rings (SSSR count). The second kappa shape index (κ2) is 5.73. The standard InChI is InChI=1S/C14H17FN4O/c1-3-11(14(16)20)18-12-8-17-19(9(12)2)13-7-5-4-6-10(13)15/h4-8,11,18H,3H2,1-2H3,(H2,16,20). The zero-order valence-electron chi connectivity index (χ0n) is 11.4. The van der Waals surface area contributed by atoms with Crippen LogP contribution in [0.25, 0.3) is 5.69 Å². The van der Waals surface area contributed by atoms with E-state index in [1.54, 1.807) is 31.3 Å². The fourth-order valence-electron chi connectivity index (χ4n) is 1.98. The van der Waals surface area contributed by atoms with Crippen LogP contribution in [-0.4, -0.2) is 21.7 Å². The normalized spacial score (nSPS) is 12.2. The van der Waals surface area contributed by atoms with Crippen LogP contribution in [0.1, 0.15) is 19.0 Å². The van der Waals surface area contributed by atoms with Gasteiger partial charge < -0.3 is 11.1 Å². The van der Waals surface area contributed by atoms with Crippen molar-refractivity contribution in [2.45, 2.75) is 26.3 Å². The summed E-state index contributed by atoms with van der Waals surface area (Å²) < 4.78 is 15.3. The topological polar surface area (TPSA) is 72.9 Å². The predicted molar refractivity (Wildman–Crippen MR) is 75.2 cm³/mol. The Morgan fingerprint density at radius 2 is 2.20 bits per heavy atom. The van der Waals surface area contributed by atoms with Crippen LogP contribution in [0.15, 0.2) is 30.5 Å². The fraction of sp³-hybridized carbons (Fsp3) is 0.286. The molecule has 1 heterocycles. The van der Waals surface area contributed by atoms with Gasteiger partial charge in [0, 0.05) is 0 Å². The van der Waals surface area contributed by atoms with Gasteiger partial charge in [0.15, 0.2) is 0 Å². The van der Waals surface area contributed by atoms with Gasteiger partial charge in [0.2, 0.25) is 5.91 Å². The van der Waals surface area contributed by atoms with E-state index in [1.807, 2.05) is 6.92 Å². The summed E-state index contributed by atoms with van der Waals surface area (Å²) in [6.07, 6.45) is 2.13. The van der Waals surface area contributed by atoms with E-state index in [0.29, 0.717) is 17.8 Å². The molecular formula is C14H17FN4O. The highest BCUT2D eigenvalue weighted by molar-refractivity contribution is 5.83. The highest BCUT2D eigenvalue weighted by Gasteiger charge is 2.17. The summed E-state index contributed by atoms with van der Waals surface area (Å²) in [6.45, 7) is 3.66. The van der Waals surface area contributed by atoms with E-state index >= 15 is 0 Å². The Balaban J connectivity index is 2.32. The van der Waals surface area contributed by atoms with E-state index in [4.69, 9.17) is 5.73 Å². The number of amides is 1. The maximum Gasteiger partial charge on any atom is 0.239 e. The summed E-state index contributed by atoms with van der Waals surface area (Å²) in [5.41, 5.74) is 7.05. The second-order valence-corrected chi connectivity index (χ2v) is 4.51. The fourth-order valence-corrected chi connectivity index (χ4v) is 1.98. The van der Waals surface area contributed by atoms with Gasteiger partial charge in [0.05, 0.1) is 17.6 Å². The molecule has 6 heteroatoms. The van der Waals surface area contributed by atoms with Crippen LogP contribution in [0.2, 0.25) is 0 Å². The first-order valence-electron chi connectivity index (χ1n) is 6.40. The zero-order chi connectivity index (χ0) is 14.7. The number of halogens is 1. The van der Waals surface area contributed by atoms with Crippen LogP contribution < -0.4 is 11.1 Å². The smallest absolute Gasteiger partial charge is 0.239 e. The number of nitrogens with one attached hydrogen (secondary N) is 1. The summed E-state index contributed by atoms with van der Waals surface area (Å²) in [7, 11) is 0. The Morgan fingerprint density at radius 1 is 1.50 bits per heavy atom. The number of hydrogen-bond acceptors (Lipinski definition) is 3. The van der Waals surface area contributed by atoms with Crippen molar-refractivity contribution in [3.63, 3.8) is 0 Å². The molecule has 0 radical (unpaired) electrons. The van der Waals surface area contributed by atoms with Crippen molar-refractivity contribution < 1.29 is 9.18 Å². The third kappa shape index (κ3) is 2.64. The van der Waals surface area contributed by atoms with Gasteiger partial charge in [0.1, 0.15) is 17.5 Å². The molecule has 1 atom stereocenters. The molecular weight excluding hydrogens is 259 g/mol. The highest BCUT2D eigenvalue weighted by Crippen LogP contribution is 2.21. The van der Waals surface area contributed by atoms with Gasteiger partial charge >= 0.3 is 0 Å². The van der Waals surface area contributed by atoms with Gasteiger partial charge in [-0.1, -0.05) is 19.1 Å². The van der Waals surface area contributed by atoms with Crippen LogP contribution in [0.3, 0.4) is 0 Å². The SMILES string of the molecule is CCC(Nc1cnn(-c2ccccc2F)c1C)C(N)=O. The molecule has 0 bridgehead atoms. The maximum absolute atomic E-state index is 13.8. The minimum Gasteiger partial charge on any atom is -0.371 e. The molecule has 1 aromatic carbocycles. The number of rotatable bonds is 5. The second-order valence-electron chi connectivity index (χ2n) is 4.51. The van der Waals surface area contributed by atoms with Crippen molar-refractivity contribution >= 4 is 11.6 Å². The molecule has 1 unspecified atom stereocenters. The van der Waals surface area contributed by atoms with Gasteiger partial charge in [-0.2, -0.15) is 5.10 Å². The van der Waals surface area contributed by atoms with E-state index in [-0.39, 0.29) is 5.82 Å². The molecule has 106 valence electrons. The molecule has 0 fully saturated rings. The van der Waals surface area contributed by atoms with E-state index in [0.717, 1.165) is 5.69 Å². The van der Waals surface area contributed by atoms with Gasteiger partial charge in [-0.25, -0.2) is 9.07 Å². The lowest BCUT2D eigenvalue weighted by atomic mass is 10.2. The molecule has 0 saturated heterocycles. The average Bonchev–Trinajstić information content (AvgIpc) is 2.77. The molecule has 0 aliphatic rings. The maximum atomic E-state index is 13.8. The molecule has 2 aromatic rings. The highest BCUT2D eigenvalue weighted by atomic mass is 19.1. The van der Waals surface area contributed by atoms with E-state index in [2.05, 4.69) is 10.4 Å². The molecule has 0 aliphatic carbocycles. The number of aromatic nitrogens is 2. The van der Waals surface area contributed by atoms with Gasteiger partial charge in [0.25, 0.3) is 0 Å². The minimum absolute atomic E-state index is 0.354. The molecule has 1 aromatic heterocycles. The lowest BCUT2D eigenvalue weighted by molar-refractivity contribution is -0.118. The zero-order valence-corrected chi connectivity index (χ0v) is 11.4. The van der Waals surface area contributed by atoms with E-state index in [1.165, 1.54) is 10.7 Å². The summed E-state index contributed by atoms with van der Waals surface area (Å²) in [4.78, 5) is 11.2. The summed E-state index contributed by atoms with van der Waals surface area (Å²) in [6, 6.07) is 5.92. The van der Waals surface area contributed by atoms with Gasteiger partial charge in [-0.05, 0) is 25.5 Å². The Hall–Kier alpha value is -2.37. The number of anilines is 1. The molecule has 3 N–H and O–H groups in total. The molecule has 0 spiro atoms. The number of carbonyl (C=O) groups is 1. The van der Waals surface area contributed by atoms with Crippen molar-refractivity contribution in [1.29, 1.82) is 0 Å². The molecule has 0 aliphatic heterocycles. The van der Waals surface area contributed by atoms with Crippen LogP contribution in [-0.2, 0) is 4.79 Å². The number of nitrogens with zero attached hydrogens (tertiary/aromatic N) is 2. The van der Waals surface area contributed by atoms with Crippen molar-refractivity contribution in [3.8, 4) is 5.69 Å². The molecule has 1 amide bonds. The van der Waals surface area contributed by atoms with Crippen LogP contribution in [0, 0.1) is 12.7 Å². The third-order valence-corrected chi connectivity index (χ3v) is 3.17. The lowest BCUT2D eigenvalue weighted by Crippen LogP contribution is -2.34. The first-order chi connectivity index (χ1) is 9.54. The van der Waals surface area contributed by atoms with Gasteiger partial charge in [-0.15, -0.1) is 0 Å². The van der Waals surface area contributed by atoms with Crippen LogP contribution >= 0.6 is 0 Å². The number of hydrogen-bond donors (Lipinski definition) is 2. The Kier molecular flexibility index (Phi) is 4.02. The van der Waals surface area contributed by atoms with Crippen LogP contribution in [0.4, 0.5) is 10.1 Å². The van der Waals surface area contributed by atoms with E-state index in [9.17, 15) is 9.18 Å². The lowest BCUT2D eigenvalue weighted by Gasteiger charge is -2.14. The monoisotopic (exact) mass is 276 g/mol. The Labute approximate surface area is 116 Å². The first-order valence-corrected chi connectivity index (χ1v) is 6.40. The Morgan fingerprint density at radius 3 is 2.80 bits per heavy atom. The number of benzene rings is 1. The average molecular weight is 276 g/mol. The summed E-state index contributed by atoms with van der Waals surface area (Å²) in [5, 5.41) is 7.18. The van der Waals surface area contributed by atoms with Crippen molar-refractivity contribution in [3.05, 3.63) is 42.0 Å². The predicted octanol–water partition coefficient (Wildman–Crippen LogP) is 2.00. The van der Waals surface area contributed by atoms with Crippen molar-refractivity contribution in [1.82, 2.24) is 9.78 Å². The number of para-hydroxylation sites is 1. The quantitative estimate of drug-likeness (QED) is 0.877. The van der Waals surface area contributed by atoms with Gasteiger partial charge in [-0.3, -0.25) is 4.79 Å². The summed E-state index contributed by atoms with van der Waals surface area (Å²) >= 11 is 0. The molecule has 0 saturated carbocycles. The van der Waals surface area contributed by atoms with E-state index < -0.39 is 11.9 Å². The van der Waals surface area contributed by atoms with Crippen LogP contribution in [0.5, 0.6) is 0 Å². The first kappa shape index (κ1) is 14.0. The molecule has 20 heavy (non-hydrogen) atoms. The summed E-state index contributed by atoms with van der Waals surface area (Å²) in [5.74, 6) is -0.780. The van der Waals surface area contributed by atoms with Crippen molar-refractivity contribution in [2.75, 3.05) is 5.32 Å². The molecule has 5 nitrogen and oxygen atoms in total. The number of carbonyl (C=O) groups excluding carboxylic acids is 1. The minimum atomic E-state index is -0.466. The number of primary amides is 1. The largest absolute Gasteiger partial charge is 0.371 e. The Bertz CT molecular complexity index is 623. The van der Waals surface area contributed by atoms with Crippen molar-refractivity contribution in [2.24, 2.45) is 5.73 Å².